The van der Waals surface area contributed by atoms with E-state index in [1.807, 2.05) is 32.7 Å². The van der Waals surface area contributed by atoms with Crippen molar-refractivity contribution in [2.45, 2.75) is 58.0 Å². The molecule has 0 saturated heterocycles. The molecule has 1 amide bonds. The van der Waals surface area contributed by atoms with Crippen LogP contribution in [-0.2, 0) is 11.0 Å². The van der Waals surface area contributed by atoms with E-state index in [2.05, 4.69) is 25.6 Å². The monoisotopic (exact) mass is 450 g/mol. The molecule has 172 valence electrons. The maximum absolute atomic E-state index is 12.6. The van der Waals surface area contributed by atoms with Crippen molar-refractivity contribution in [2.24, 2.45) is 5.92 Å². The van der Waals surface area contributed by atoms with Gasteiger partial charge in [-0.05, 0) is 18.9 Å². The van der Waals surface area contributed by atoms with Crippen LogP contribution < -0.4 is 20.3 Å². The molecule has 1 fully saturated rings. The van der Waals surface area contributed by atoms with Crippen LogP contribution in [0.25, 0.3) is 0 Å². The van der Waals surface area contributed by atoms with Crippen LogP contribution in [0.3, 0.4) is 0 Å². The van der Waals surface area contributed by atoms with Crippen molar-refractivity contribution in [3.8, 4) is 5.88 Å². The number of fused-ring (bicyclic) bond motifs is 1. The number of alkyl halides is 3. The van der Waals surface area contributed by atoms with E-state index in [-0.39, 0.29) is 35.9 Å². The largest absolute Gasteiger partial charge is 0.474 e. The van der Waals surface area contributed by atoms with Crippen molar-refractivity contribution < 1.29 is 22.7 Å². The highest BCUT2D eigenvalue weighted by Gasteiger charge is 2.37. The number of hydrogen-bond acceptors (Lipinski definition) is 7. The van der Waals surface area contributed by atoms with Crippen molar-refractivity contribution >= 4 is 23.4 Å². The molecule has 0 spiro atoms. The zero-order chi connectivity index (χ0) is 23.2. The smallest absolute Gasteiger partial charge is 0.417 e. The number of carbonyl (C=O) groups is 1. The summed E-state index contributed by atoms with van der Waals surface area (Å²) in [7, 11) is 1.85. The Kier molecular flexibility index (Phi) is 5.59. The molecule has 1 aliphatic carbocycles. The molecule has 0 radical (unpaired) electrons. The summed E-state index contributed by atoms with van der Waals surface area (Å²) in [6.07, 6.45) is -2.52. The van der Waals surface area contributed by atoms with Crippen molar-refractivity contribution in [3.05, 3.63) is 29.6 Å². The SMILES string of the molecule is Cc1nc(N[C@H]2C[C@H](Oc3ccc(C(F)(F)F)cn3)C2)nc2c1NC(=O)[C@H](C(C)C)N2C. The van der Waals surface area contributed by atoms with Gasteiger partial charge in [-0.1, -0.05) is 13.8 Å². The van der Waals surface area contributed by atoms with Gasteiger partial charge >= 0.3 is 6.18 Å². The Bertz CT molecular complexity index is 1010. The number of carbonyl (C=O) groups excluding carboxylic acids is 1. The first kappa shape index (κ1) is 22.1. The molecule has 32 heavy (non-hydrogen) atoms. The molecule has 0 aromatic carbocycles. The number of likely N-dealkylation sites (N-methyl/N-ethyl adjacent to an activating group) is 1. The summed E-state index contributed by atoms with van der Waals surface area (Å²) in [4.78, 5) is 27.1. The molecule has 0 unspecified atom stereocenters. The number of ether oxygens (including phenoxy) is 1. The summed E-state index contributed by atoms with van der Waals surface area (Å²) >= 11 is 0. The maximum Gasteiger partial charge on any atom is 0.417 e. The van der Waals surface area contributed by atoms with Gasteiger partial charge in [0.05, 0.1) is 11.3 Å². The fourth-order valence-corrected chi connectivity index (χ4v) is 4.03. The van der Waals surface area contributed by atoms with E-state index in [0.29, 0.717) is 36.0 Å². The Labute approximate surface area is 183 Å². The Morgan fingerprint density at radius 3 is 2.56 bits per heavy atom. The third-order valence-corrected chi connectivity index (χ3v) is 5.75. The first-order valence-corrected chi connectivity index (χ1v) is 10.4. The van der Waals surface area contributed by atoms with E-state index >= 15 is 0 Å². The number of hydrogen-bond donors (Lipinski definition) is 2. The minimum absolute atomic E-state index is 0.0660. The summed E-state index contributed by atoms with van der Waals surface area (Å²) < 4.78 is 43.5. The molecule has 1 saturated carbocycles. The van der Waals surface area contributed by atoms with Crippen LogP contribution in [0.15, 0.2) is 18.3 Å². The Morgan fingerprint density at radius 2 is 1.97 bits per heavy atom. The zero-order valence-corrected chi connectivity index (χ0v) is 18.2. The predicted molar refractivity (Wildman–Crippen MR) is 113 cm³/mol. The first-order chi connectivity index (χ1) is 15.0. The Hall–Kier alpha value is -3.11. The zero-order valence-electron chi connectivity index (χ0n) is 18.2. The lowest BCUT2D eigenvalue weighted by molar-refractivity contribution is -0.137. The lowest BCUT2D eigenvalue weighted by Crippen LogP contribution is -2.50. The standard InChI is InChI=1S/C21H25F3N6O2/c1-10(2)17-19(31)28-16-11(3)26-20(29-18(16)30(17)4)27-13-7-14(8-13)32-15-6-5-12(9-25-15)21(22,23)24/h5-6,9-10,13-14,17H,7-8H2,1-4H3,(H,28,31)(H,26,27,29)/t13-,14-,17-/m0/s1. The van der Waals surface area contributed by atoms with Crippen LogP contribution >= 0.6 is 0 Å². The van der Waals surface area contributed by atoms with Crippen LogP contribution in [0, 0.1) is 12.8 Å². The van der Waals surface area contributed by atoms with Gasteiger partial charge in [0.15, 0.2) is 5.82 Å². The third-order valence-electron chi connectivity index (χ3n) is 5.75. The summed E-state index contributed by atoms with van der Waals surface area (Å²) in [6.45, 7) is 5.79. The first-order valence-electron chi connectivity index (χ1n) is 10.4. The van der Waals surface area contributed by atoms with Crippen molar-refractivity contribution in [1.29, 1.82) is 0 Å². The molecule has 2 aliphatic rings. The second-order valence-electron chi connectivity index (χ2n) is 8.56. The molecule has 1 aliphatic heterocycles. The highest BCUT2D eigenvalue weighted by atomic mass is 19.4. The maximum atomic E-state index is 12.6. The van der Waals surface area contributed by atoms with E-state index in [0.717, 1.165) is 12.3 Å². The lowest BCUT2D eigenvalue weighted by Gasteiger charge is -2.38. The Morgan fingerprint density at radius 1 is 1.25 bits per heavy atom. The van der Waals surface area contributed by atoms with Gasteiger partial charge in [-0.3, -0.25) is 4.79 Å². The fraction of sp³-hybridized carbons (Fsp3) is 0.524. The summed E-state index contributed by atoms with van der Waals surface area (Å²) in [6, 6.07) is 1.94. The highest BCUT2D eigenvalue weighted by Crippen LogP contribution is 2.35. The second kappa shape index (κ2) is 8.10. The molecule has 11 heteroatoms. The number of aryl methyl sites for hydroxylation is 1. The quantitative estimate of drug-likeness (QED) is 0.719. The number of amides is 1. The number of aromatic nitrogens is 3. The van der Waals surface area contributed by atoms with Crippen molar-refractivity contribution in [1.82, 2.24) is 15.0 Å². The summed E-state index contributed by atoms with van der Waals surface area (Å²) in [5.41, 5.74) is 0.475. The third kappa shape index (κ3) is 4.28. The number of halogens is 3. The van der Waals surface area contributed by atoms with E-state index in [1.54, 1.807) is 0 Å². The topological polar surface area (TPSA) is 92.3 Å². The molecule has 0 bridgehead atoms. The number of pyridine rings is 1. The van der Waals surface area contributed by atoms with Gasteiger partial charge in [0.2, 0.25) is 17.7 Å². The van der Waals surface area contributed by atoms with Gasteiger partial charge in [0, 0.05) is 38.2 Å². The molecule has 1 atom stereocenters. The van der Waals surface area contributed by atoms with Gasteiger partial charge in [0.1, 0.15) is 17.8 Å². The average molecular weight is 450 g/mol. The van der Waals surface area contributed by atoms with E-state index in [1.165, 1.54) is 6.07 Å². The molecule has 8 nitrogen and oxygen atoms in total. The lowest BCUT2D eigenvalue weighted by atomic mass is 9.89. The van der Waals surface area contributed by atoms with Crippen LogP contribution in [0.4, 0.5) is 30.6 Å². The van der Waals surface area contributed by atoms with Crippen LogP contribution in [0.1, 0.15) is 37.9 Å². The van der Waals surface area contributed by atoms with Gasteiger partial charge in [0.25, 0.3) is 0 Å². The minimum atomic E-state index is -4.42. The number of nitrogens with one attached hydrogen (secondary N) is 2. The van der Waals surface area contributed by atoms with E-state index < -0.39 is 11.7 Å². The molecular weight excluding hydrogens is 425 g/mol. The van der Waals surface area contributed by atoms with E-state index in [9.17, 15) is 18.0 Å². The van der Waals surface area contributed by atoms with Crippen LogP contribution in [0.2, 0.25) is 0 Å². The number of nitrogens with zero attached hydrogens (tertiary/aromatic N) is 4. The molecule has 2 N–H and O–H groups in total. The van der Waals surface area contributed by atoms with Gasteiger partial charge < -0.3 is 20.3 Å². The van der Waals surface area contributed by atoms with Gasteiger partial charge in [-0.2, -0.15) is 18.2 Å². The van der Waals surface area contributed by atoms with Crippen LogP contribution in [-0.4, -0.2) is 46.1 Å². The highest BCUT2D eigenvalue weighted by molar-refractivity contribution is 6.03. The van der Waals surface area contributed by atoms with Crippen LogP contribution in [0.5, 0.6) is 5.88 Å². The molecule has 2 aromatic rings. The molecule has 3 heterocycles. The van der Waals surface area contributed by atoms with Gasteiger partial charge in [-0.15, -0.1) is 0 Å². The molecule has 4 rings (SSSR count). The second-order valence-corrected chi connectivity index (χ2v) is 8.56. The fourth-order valence-electron chi connectivity index (χ4n) is 4.03. The minimum Gasteiger partial charge on any atom is -0.474 e. The predicted octanol–water partition coefficient (Wildman–Crippen LogP) is 3.63. The normalized spacial score (nSPS) is 22.8. The molecular formula is C21H25F3N6O2. The number of rotatable bonds is 5. The summed E-state index contributed by atoms with van der Waals surface area (Å²) in [5, 5.41) is 6.19. The van der Waals surface area contributed by atoms with Crippen molar-refractivity contribution in [3.63, 3.8) is 0 Å². The average Bonchev–Trinajstić information content (AvgIpc) is 2.67. The van der Waals surface area contributed by atoms with Gasteiger partial charge in [-0.25, -0.2) is 9.97 Å². The molecule has 2 aromatic heterocycles. The number of anilines is 3. The summed E-state index contributed by atoms with van der Waals surface area (Å²) in [5.74, 6) is 1.34. The Balaban J connectivity index is 1.37. The van der Waals surface area contributed by atoms with E-state index in [4.69, 9.17) is 4.74 Å². The van der Waals surface area contributed by atoms with Crippen molar-refractivity contribution in [2.75, 3.05) is 22.6 Å².